The molecule has 0 aliphatic heterocycles. The van der Waals surface area contributed by atoms with Crippen molar-refractivity contribution in [3.63, 3.8) is 0 Å². The van der Waals surface area contributed by atoms with Gasteiger partial charge in [0.1, 0.15) is 18.1 Å². The fraction of sp³-hybridized carbons (Fsp3) is 0.417. The van der Waals surface area contributed by atoms with Gasteiger partial charge >= 0.3 is 0 Å². The van der Waals surface area contributed by atoms with Gasteiger partial charge in [0, 0.05) is 6.04 Å². The van der Waals surface area contributed by atoms with E-state index < -0.39 is 0 Å². The van der Waals surface area contributed by atoms with E-state index in [9.17, 15) is 0 Å². The summed E-state index contributed by atoms with van der Waals surface area (Å²) in [7, 11) is 0. The van der Waals surface area contributed by atoms with Crippen LogP contribution in [0.1, 0.15) is 31.4 Å². The molecule has 0 saturated heterocycles. The molecule has 2 rings (SSSR count). The molecule has 0 N–H and O–H groups in total. The SMILES string of the molecule is Cc1ccc(COc2cnn(C(C)C)c2)o1. The predicted octanol–water partition coefficient (Wildman–Crippen LogP) is 2.94. The first kappa shape index (κ1) is 10.8. The minimum absolute atomic E-state index is 0.350. The maximum Gasteiger partial charge on any atom is 0.157 e. The molecule has 0 unspecified atom stereocenters. The standard InChI is InChI=1S/C12H16N2O2/c1-9(2)14-7-12(6-13-14)15-8-11-5-4-10(3)16-11/h4-7,9H,8H2,1-3H3. The number of rotatable bonds is 4. The van der Waals surface area contributed by atoms with Gasteiger partial charge in [-0.1, -0.05) is 0 Å². The zero-order chi connectivity index (χ0) is 11.5. The Kier molecular flexibility index (Phi) is 2.99. The lowest BCUT2D eigenvalue weighted by Gasteiger charge is -2.03. The van der Waals surface area contributed by atoms with Crippen molar-refractivity contribution in [3.05, 3.63) is 36.0 Å². The molecular formula is C12H16N2O2. The van der Waals surface area contributed by atoms with E-state index in [2.05, 4.69) is 18.9 Å². The van der Waals surface area contributed by atoms with Crippen molar-refractivity contribution >= 4 is 0 Å². The highest BCUT2D eigenvalue weighted by Gasteiger charge is 2.04. The van der Waals surface area contributed by atoms with Crippen LogP contribution in [0.25, 0.3) is 0 Å². The number of furan rings is 1. The first-order valence-corrected chi connectivity index (χ1v) is 5.37. The van der Waals surface area contributed by atoms with Gasteiger partial charge in [0.05, 0.1) is 12.4 Å². The Hall–Kier alpha value is -1.71. The summed E-state index contributed by atoms with van der Waals surface area (Å²) in [4.78, 5) is 0. The second-order valence-corrected chi connectivity index (χ2v) is 4.05. The molecule has 2 heterocycles. The quantitative estimate of drug-likeness (QED) is 0.795. The Bertz CT molecular complexity index is 457. The van der Waals surface area contributed by atoms with Crippen LogP contribution < -0.4 is 4.74 Å². The predicted molar refractivity (Wildman–Crippen MR) is 60.4 cm³/mol. The highest BCUT2D eigenvalue weighted by atomic mass is 16.5. The molecule has 0 aliphatic rings. The van der Waals surface area contributed by atoms with Gasteiger partial charge in [-0.25, -0.2) is 0 Å². The third kappa shape index (κ3) is 2.45. The topological polar surface area (TPSA) is 40.2 Å². The summed E-state index contributed by atoms with van der Waals surface area (Å²) in [5.41, 5.74) is 0. The molecule has 0 bridgehead atoms. The summed E-state index contributed by atoms with van der Waals surface area (Å²) in [5, 5.41) is 4.19. The average molecular weight is 220 g/mol. The van der Waals surface area contributed by atoms with Crippen LogP contribution in [0, 0.1) is 6.92 Å². The Balaban J connectivity index is 1.94. The second kappa shape index (κ2) is 4.43. The van der Waals surface area contributed by atoms with Crippen molar-refractivity contribution in [3.8, 4) is 5.75 Å². The van der Waals surface area contributed by atoms with Gasteiger partial charge in [-0.05, 0) is 32.9 Å². The minimum atomic E-state index is 0.350. The molecule has 0 aliphatic carbocycles. The molecular weight excluding hydrogens is 204 g/mol. The largest absolute Gasteiger partial charge is 0.482 e. The van der Waals surface area contributed by atoms with Crippen LogP contribution in [0.5, 0.6) is 5.75 Å². The molecule has 4 heteroatoms. The Labute approximate surface area is 94.8 Å². The molecule has 0 spiro atoms. The molecule has 4 nitrogen and oxygen atoms in total. The molecule has 0 aromatic carbocycles. The molecule has 2 aromatic heterocycles. The van der Waals surface area contributed by atoms with E-state index in [0.29, 0.717) is 12.6 Å². The minimum Gasteiger partial charge on any atom is -0.482 e. The van der Waals surface area contributed by atoms with E-state index in [1.165, 1.54) is 0 Å². The van der Waals surface area contributed by atoms with Gasteiger partial charge in [-0.3, -0.25) is 4.68 Å². The third-order valence-electron chi connectivity index (χ3n) is 2.28. The van der Waals surface area contributed by atoms with Crippen molar-refractivity contribution in [1.82, 2.24) is 9.78 Å². The Morgan fingerprint density at radius 2 is 2.25 bits per heavy atom. The van der Waals surface area contributed by atoms with Gasteiger partial charge in [0.25, 0.3) is 0 Å². The van der Waals surface area contributed by atoms with Crippen molar-refractivity contribution in [2.45, 2.75) is 33.4 Å². The van der Waals surface area contributed by atoms with E-state index >= 15 is 0 Å². The lowest BCUT2D eigenvalue weighted by molar-refractivity contribution is 0.267. The Morgan fingerprint density at radius 1 is 1.44 bits per heavy atom. The monoisotopic (exact) mass is 220 g/mol. The van der Waals surface area contributed by atoms with Crippen molar-refractivity contribution < 1.29 is 9.15 Å². The summed E-state index contributed by atoms with van der Waals surface area (Å²) in [5.74, 6) is 2.49. The molecule has 16 heavy (non-hydrogen) atoms. The summed E-state index contributed by atoms with van der Waals surface area (Å²) in [6.07, 6.45) is 3.61. The van der Waals surface area contributed by atoms with E-state index in [0.717, 1.165) is 17.3 Å². The molecule has 0 saturated carbocycles. The molecule has 0 atom stereocenters. The van der Waals surface area contributed by atoms with E-state index in [1.54, 1.807) is 6.20 Å². The van der Waals surface area contributed by atoms with Crippen LogP contribution >= 0.6 is 0 Å². The summed E-state index contributed by atoms with van der Waals surface area (Å²) >= 11 is 0. The van der Waals surface area contributed by atoms with Crippen LogP contribution in [-0.2, 0) is 6.61 Å². The van der Waals surface area contributed by atoms with Crippen LogP contribution in [0.3, 0.4) is 0 Å². The third-order valence-corrected chi connectivity index (χ3v) is 2.28. The van der Waals surface area contributed by atoms with Crippen LogP contribution in [-0.4, -0.2) is 9.78 Å². The van der Waals surface area contributed by atoms with E-state index in [4.69, 9.17) is 9.15 Å². The number of ether oxygens (including phenoxy) is 1. The van der Waals surface area contributed by atoms with E-state index in [1.807, 2.05) is 29.9 Å². The molecule has 0 radical (unpaired) electrons. The summed E-state index contributed by atoms with van der Waals surface area (Å²) in [6.45, 7) is 6.51. The van der Waals surface area contributed by atoms with Crippen molar-refractivity contribution in [2.75, 3.05) is 0 Å². The summed E-state index contributed by atoms with van der Waals surface area (Å²) in [6, 6.07) is 4.20. The molecule has 0 fully saturated rings. The van der Waals surface area contributed by atoms with Gasteiger partial charge in [-0.15, -0.1) is 0 Å². The summed E-state index contributed by atoms with van der Waals surface area (Å²) < 4.78 is 12.8. The van der Waals surface area contributed by atoms with Crippen molar-refractivity contribution in [2.24, 2.45) is 0 Å². The van der Waals surface area contributed by atoms with Gasteiger partial charge in [-0.2, -0.15) is 5.10 Å². The van der Waals surface area contributed by atoms with E-state index in [-0.39, 0.29) is 0 Å². The maximum absolute atomic E-state index is 5.56. The van der Waals surface area contributed by atoms with Crippen LogP contribution in [0.15, 0.2) is 28.9 Å². The average Bonchev–Trinajstić information content (AvgIpc) is 2.83. The highest BCUT2D eigenvalue weighted by molar-refractivity contribution is 5.13. The van der Waals surface area contributed by atoms with Crippen molar-refractivity contribution in [1.29, 1.82) is 0 Å². The fourth-order valence-electron chi connectivity index (χ4n) is 1.39. The first-order chi connectivity index (χ1) is 7.65. The number of aromatic nitrogens is 2. The first-order valence-electron chi connectivity index (χ1n) is 5.37. The maximum atomic E-state index is 5.56. The fourth-order valence-corrected chi connectivity index (χ4v) is 1.39. The van der Waals surface area contributed by atoms with Gasteiger partial charge in [0.15, 0.2) is 5.75 Å². The molecule has 2 aromatic rings. The van der Waals surface area contributed by atoms with Gasteiger partial charge in [0.2, 0.25) is 0 Å². The Morgan fingerprint density at radius 3 is 2.81 bits per heavy atom. The number of aryl methyl sites for hydroxylation is 1. The zero-order valence-electron chi connectivity index (χ0n) is 9.80. The smallest absolute Gasteiger partial charge is 0.157 e. The molecule has 0 amide bonds. The molecule has 86 valence electrons. The zero-order valence-corrected chi connectivity index (χ0v) is 9.80. The normalized spacial score (nSPS) is 11.0. The second-order valence-electron chi connectivity index (χ2n) is 4.05. The van der Waals surface area contributed by atoms with Crippen LogP contribution in [0.4, 0.5) is 0 Å². The number of nitrogens with zero attached hydrogens (tertiary/aromatic N) is 2. The highest BCUT2D eigenvalue weighted by Crippen LogP contribution is 2.15. The number of hydrogen-bond acceptors (Lipinski definition) is 3. The lowest BCUT2D eigenvalue weighted by atomic mass is 10.4. The number of hydrogen-bond donors (Lipinski definition) is 0. The van der Waals surface area contributed by atoms with Crippen LogP contribution in [0.2, 0.25) is 0 Å². The lowest BCUT2D eigenvalue weighted by Crippen LogP contribution is -2.00. The van der Waals surface area contributed by atoms with Gasteiger partial charge < -0.3 is 9.15 Å².